The van der Waals surface area contributed by atoms with E-state index >= 15 is 0 Å². The minimum absolute atomic E-state index is 0.184. The summed E-state index contributed by atoms with van der Waals surface area (Å²) in [5.74, 6) is -0.285. The molecule has 0 aliphatic rings. The number of phenols is 1. The molecule has 3 aromatic rings. The lowest BCUT2D eigenvalue weighted by molar-refractivity contribution is 0.0697. The average molecular weight is 281 g/mol. The summed E-state index contributed by atoms with van der Waals surface area (Å²) < 4.78 is 1.58. The molecule has 0 saturated carbocycles. The molecular formula is C15H11N3O3. The van der Waals surface area contributed by atoms with Crippen LogP contribution in [0.25, 0.3) is 17.1 Å². The number of carboxylic acid groups (broad SMARTS) is 1. The van der Waals surface area contributed by atoms with Crippen LogP contribution in [0.1, 0.15) is 10.4 Å². The van der Waals surface area contributed by atoms with Crippen molar-refractivity contribution in [3.8, 4) is 22.8 Å². The van der Waals surface area contributed by atoms with E-state index in [1.165, 1.54) is 12.1 Å². The van der Waals surface area contributed by atoms with Crippen LogP contribution < -0.4 is 0 Å². The number of carbonyl (C=O) groups is 1. The fourth-order valence-corrected chi connectivity index (χ4v) is 1.89. The Kier molecular flexibility index (Phi) is 3.12. The van der Waals surface area contributed by atoms with Gasteiger partial charge in [0.2, 0.25) is 0 Å². The second kappa shape index (κ2) is 5.09. The fourth-order valence-electron chi connectivity index (χ4n) is 1.89. The highest BCUT2D eigenvalue weighted by Crippen LogP contribution is 2.18. The van der Waals surface area contributed by atoms with E-state index in [0.717, 1.165) is 11.3 Å². The zero-order valence-electron chi connectivity index (χ0n) is 10.8. The first kappa shape index (κ1) is 12.9. The molecule has 0 amide bonds. The fraction of sp³-hybridized carbons (Fsp3) is 0. The number of hydrogen-bond acceptors (Lipinski definition) is 4. The zero-order valence-corrected chi connectivity index (χ0v) is 10.8. The van der Waals surface area contributed by atoms with Gasteiger partial charge in [-0.25, -0.2) is 14.5 Å². The van der Waals surface area contributed by atoms with Crippen LogP contribution in [-0.2, 0) is 0 Å². The van der Waals surface area contributed by atoms with Crippen molar-refractivity contribution in [2.75, 3.05) is 0 Å². The van der Waals surface area contributed by atoms with Crippen molar-refractivity contribution in [1.82, 2.24) is 14.8 Å². The Morgan fingerprint density at radius 1 is 1.00 bits per heavy atom. The van der Waals surface area contributed by atoms with Crippen LogP contribution in [-0.4, -0.2) is 30.9 Å². The average Bonchev–Trinajstić information content (AvgIpc) is 2.98. The van der Waals surface area contributed by atoms with Gasteiger partial charge >= 0.3 is 5.97 Å². The predicted molar refractivity (Wildman–Crippen MR) is 75.4 cm³/mol. The first-order valence-electron chi connectivity index (χ1n) is 6.18. The number of nitrogens with zero attached hydrogens (tertiary/aromatic N) is 3. The molecule has 21 heavy (non-hydrogen) atoms. The highest BCUT2D eigenvalue weighted by molar-refractivity contribution is 5.88. The van der Waals surface area contributed by atoms with Gasteiger partial charge < -0.3 is 10.2 Å². The third kappa shape index (κ3) is 2.59. The Balaban J connectivity index is 1.90. The quantitative estimate of drug-likeness (QED) is 0.769. The summed E-state index contributed by atoms with van der Waals surface area (Å²) in [6.07, 6.45) is 1.56. The normalized spacial score (nSPS) is 10.5. The summed E-state index contributed by atoms with van der Waals surface area (Å²) in [6.45, 7) is 0. The molecule has 104 valence electrons. The lowest BCUT2D eigenvalue weighted by Gasteiger charge is -2.00. The van der Waals surface area contributed by atoms with Crippen molar-refractivity contribution < 1.29 is 15.0 Å². The van der Waals surface area contributed by atoms with Gasteiger partial charge in [-0.15, -0.1) is 5.10 Å². The van der Waals surface area contributed by atoms with Crippen LogP contribution in [0.5, 0.6) is 5.75 Å². The topological polar surface area (TPSA) is 88.2 Å². The predicted octanol–water partition coefficient (Wildman–Crippen LogP) is 2.34. The highest BCUT2D eigenvalue weighted by Gasteiger charge is 2.07. The number of carboxylic acids is 1. The number of rotatable bonds is 3. The number of phenolic OH excluding ortho intramolecular Hbond substituents is 1. The third-order valence-corrected chi connectivity index (χ3v) is 3.00. The zero-order chi connectivity index (χ0) is 14.8. The van der Waals surface area contributed by atoms with Gasteiger partial charge in [0.1, 0.15) is 12.1 Å². The second-order valence-electron chi connectivity index (χ2n) is 4.41. The van der Waals surface area contributed by atoms with E-state index < -0.39 is 5.97 Å². The van der Waals surface area contributed by atoms with Gasteiger partial charge in [0.25, 0.3) is 0 Å². The summed E-state index contributed by atoms with van der Waals surface area (Å²) in [7, 11) is 0. The van der Waals surface area contributed by atoms with E-state index in [1.54, 1.807) is 47.4 Å². The van der Waals surface area contributed by atoms with Crippen molar-refractivity contribution in [1.29, 1.82) is 0 Å². The molecule has 0 fully saturated rings. The maximum absolute atomic E-state index is 10.8. The Labute approximate surface area is 119 Å². The van der Waals surface area contributed by atoms with Gasteiger partial charge in [-0.3, -0.25) is 0 Å². The minimum Gasteiger partial charge on any atom is -0.508 e. The van der Waals surface area contributed by atoms with Crippen LogP contribution in [0, 0.1) is 0 Å². The van der Waals surface area contributed by atoms with E-state index in [2.05, 4.69) is 10.1 Å². The maximum atomic E-state index is 10.8. The number of aromatic carboxylic acids is 1. The van der Waals surface area contributed by atoms with Crippen LogP contribution >= 0.6 is 0 Å². The van der Waals surface area contributed by atoms with Crippen molar-refractivity contribution in [3.05, 3.63) is 60.4 Å². The summed E-state index contributed by atoms with van der Waals surface area (Å²) >= 11 is 0. The van der Waals surface area contributed by atoms with E-state index in [0.29, 0.717) is 5.82 Å². The van der Waals surface area contributed by atoms with Crippen molar-refractivity contribution >= 4 is 5.97 Å². The molecule has 0 saturated heterocycles. The first-order chi connectivity index (χ1) is 10.1. The minimum atomic E-state index is -0.968. The Hall–Kier alpha value is -3.15. The monoisotopic (exact) mass is 281 g/mol. The van der Waals surface area contributed by atoms with Crippen molar-refractivity contribution in [2.24, 2.45) is 0 Å². The summed E-state index contributed by atoms with van der Waals surface area (Å²) in [5.41, 5.74) is 1.72. The first-order valence-corrected chi connectivity index (χ1v) is 6.18. The number of aromatic nitrogens is 3. The molecule has 2 N–H and O–H groups in total. The van der Waals surface area contributed by atoms with Gasteiger partial charge in [0.05, 0.1) is 11.3 Å². The van der Waals surface area contributed by atoms with E-state index in [1.807, 2.05) is 0 Å². The van der Waals surface area contributed by atoms with E-state index in [9.17, 15) is 9.90 Å². The lowest BCUT2D eigenvalue weighted by atomic mass is 10.1. The van der Waals surface area contributed by atoms with Gasteiger partial charge in [0.15, 0.2) is 5.82 Å². The molecule has 0 atom stereocenters. The molecule has 6 nitrogen and oxygen atoms in total. The number of aromatic hydroxyl groups is 1. The molecule has 1 aromatic heterocycles. The molecular weight excluding hydrogens is 270 g/mol. The summed E-state index contributed by atoms with van der Waals surface area (Å²) in [6, 6.07) is 12.9. The van der Waals surface area contributed by atoms with Crippen LogP contribution in [0.2, 0.25) is 0 Å². The molecule has 6 heteroatoms. The van der Waals surface area contributed by atoms with Gasteiger partial charge in [-0.1, -0.05) is 12.1 Å². The van der Waals surface area contributed by atoms with E-state index in [-0.39, 0.29) is 11.3 Å². The van der Waals surface area contributed by atoms with Gasteiger partial charge in [0, 0.05) is 5.56 Å². The lowest BCUT2D eigenvalue weighted by Crippen LogP contribution is -1.96. The smallest absolute Gasteiger partial charge is 0.335 e. The molecule has 1 heterocycles. The molecule has 0 aliphatic carbocycles. The summed E-state index contributed by atoms with van der Waals surface area (Å²) in [4.78, 5) is 15.0. The van der Waals surface area contributed by atoms with Crippen molar-refractivity contribution in [3.63, 3.8) is 0 Å². The van der Waals surface area contributed by atoms with Crippen LogP contribution in [0.3, 0.4) is 0 Å². The maximum Gasteiger partial charge on any atom is 0.335 e. The summed E-state index contributed by atoms with van der Waals surface area (Å²) in [5, 5.41) is 22.5. The Morgan fingerprint density at radius 2 is 1.67 bits per heavy atom. The van der Waals surface area contributed by atoms with Crippen LogP contribution in [0.4, 0.5) is 0 Å². The SMILES string of the molecule is O=C(O)c1ccc(-c2ncn(-c3ccc(O)cc3)n2)cc1. The molecule has 2 aromatic carbocycles. The Bertz CT molecular complexity index is 777. The standard InChI is InChI=1S/C15H11N3O3/c19-13-7-5-12(6-8-13)18-9-16-14(17-18)10-1-3-11(4-2-10)15(20)21/h1-9,19H,(H,20,21). The second-order valence-corrected chi connectivity index (χ2v) is 4.41. The molecule has 0 radical (unpaired) electrons. The number of benzene rings is 2. The largest absolute Gasteiger partial charge is 0.508 e. The van der Waals surface area contributed by atoms with Gasteiger partial charge in [-0.05, 0) is 36.4 Å². The third-order valence-electron chi connectivity index (χ3n) is 3.00. The van der Waals surface area contributed by atoms with Crippen molar-refractivity contribution in [2.45, 2.75) is 0 Å². The molecule has 3 rings (SSSR count). The molecule has 0 bridgehead atoms. The molecule has 0 aliphatic heterocycles. The van der Waals surface area contributed by atoms with Crippen LogP contribution in [0.15, 0.2) is 54.9 Å². The van der Waals surface area contributed by atoms with Gasteiger partial charge in [-0.2, -0.15) is 0 Å². The molecule has 0 spiro atoms. The van der Waals surface area contributed by atoms with E-state index in [4.69, 9.17) is 5.11 Å². The molecule has 0 unspecified atom stereocenters. The Morgan fingerprint density at radius 3 is 2.29 bits per heavy atom. The highest BCUT2D eigenvalue weighted by atomic mass is 16.4. The number of hydrogen-bond donors (Lipinski definition) is 2.